The predicted octanol–water partition coefficient (Wildman–Crippen LogP) is 7.47. The number of rotatable bonds is 29. The van der Waals surface area contributed by atoms with Crippen molar-refractivity contribution < 1.29 is 43.2 Å². The van der Waals surface area contributed by atoms with Gasteiger partial charge in [-0.25, -0.2) is 0 Å². The van der Waals surface area contributed by atoms with Crippen LogP contribution in [-0.4, -0.2) is 93.8 Å². The lowest BCUT2D eigenvalue weighted by atomic mass is 9.84. The molecule has 1 aliphatic rings. The average Bonchev–Trinajstić information content (AvgIpc) is 3.19. The predicted molar refractivity (Wildman–Crippen MR) is 221 cm³/mol. The first-order chi connectivity index (χ1) is 27.7. The molecule has 2 N–H and O–H groups in total. The van der Waals surface area contributed by atoms with E-state index in [2.05, 4.69) is 30.2 Å². The molecule has 0 unspecified atom stereocenters. The molecule has 11 heteroatoms. The van der Waals surface area contributed by atoms with E-state index in [-0.39, 0.29) is 31.1 Å². The Bertz CT molecular complexity index is 1660. The molecule has 1 aliphatic carbocycles. The number of carboxylic acids is 1. The van der Waals surface area contributed by atoms with Crippen LogP contribution in [0.15, 0.2) is 54.7 Å². The molecule has 0 fully saturated rings. The average molecular weight is 789 g/mol. The van der Waals surface area contributed by atoms with Crippen molar-refractivity contribution in [1.82, 2.24) is 10.3 Å². The van der Waals surface area contributed by atoms with Crippen molar-refractivity contribution >= 4 is 17.7 Å². The number of pyridine rings is 1. The zero-order chi connectivity index (χ0) is 40.7. The molecule has 57 heavy (non-hydrogen) atoms. The van der Waals surface area contributed by atoms with Gasteiger partial charge < -0.3 is 34.1 Å². The van der Waals surface area contributed by atoms with Gasteiger partial charge in [0.15, 0.2) is 5.78 Å². The van der Waals surface area contributed by atoms with E-state index in [0.29, 0.717) is 71.6 Å². The molecule has 0 aliphatic heterocycles. The van der Waals surface area contributed by atoms with Crippen molar-refractivity contribution in [3.63, 3.8) is 0 Å². The fourth-order valence-electron chi connectivity index (χ4n) is 6.94. The highest BCUT2D eigenvalue weighted by atomic mass is 16.6. The van der Waals surface area contributed by atoms with Gasteiger partial charge >= 0.3 is 5.97 Å². The zero-order valence-corrected chi connectivity index (χ0v) is 34.4. The van der Waals surface area contributed by atoms with Crippen LogP contribution in [0.4, 0.5) is 0 Å². The van der Waals surface area contributed by atoms with Gasteiger partial charge in [-0.2, -0.15) is 0 Å². The van der Waals surface area contributed by atoms with Crippen LogP contribution >= 0.6 is 0 Å². The van der Waals surface area contributed by atoms with Crippen molar-refractivity contribution in [3.8, 4) is 16.9 Å². The number of Topliss-reactive ketones (excluding diaryl/α,β-unsaturated/α-hetero) is 1. The van der Waals surface area contributed by atoms with Gasteiger partial charge in [0, 0.05) is 37.3 Å². The van der Waals surface area contributed by atoms with Gasteiger partial charge in [-0.3, -0.25) is 19.4 Å². The SMILES string of the molecule is Cc1ccnc(CCCCC(=O)NCC(=O)C[C@@H](CC(=O)O)c2ccc(-c3ccc(OCCOCCOCCOCCOCCC(C)C)c4c3CCCC4)cc2)c1. The number of nitrogens with zero attached hydrogens (tertiary/aromatic N) is 1. The molecule has 0 bridgehead atoms. The van der Waals surface area contributed by atoms with Crippen LogP contribution in [0.25, 0.3) is 11.1 Å². The van der Waals surface area contributed by atoms with E-state index in [1.165, 1.54) is 11.1 Å². The second-order valence-electron chi connectivity index (χ2n) is 15.2. The van der Waals surface area contributed by atoms with Gasteiger partial charge in [0.25, 0.3) is 0 Å². The fraction of sp³-hybridized carbons (Fsp3) is 0.565. The normalized spacial score (nSPS) is 13.0. The third-order valence-corrected chi connectivity index (χ3v) is 10.1. The highest BCUT2D eigenvalue weighted by Gasteiger charge is 2.22. The first kappa shape index (κ1) is 45.5. The van der Waals surface area contributed by atoms with Crippen molar-refractivity contribution in [2.75, 3.05) is 66.0 Å². The Hall–Kier alpha value is -4.16. The van der Waals surface area contributed by atoms with Crippen LogP contribution in [0.2, 0.25) is 0 Å². The largest absolute Gasteiger partial charge is 0.491 e. The van der Waals surface area contributed by atoms with Gasteiger partial charge in [0.2, 0.25) is 5.91 Å². The smallest absolute Gasteiger partial charge is 0.303 e. The minimum Gasteiger partial charge on any atom is -0.491 e. The van der Waals surface area contributed by atoms with E-state index in [1.54, 1.807) is 6.20 Å². The molecule has 1 heterocycles. The molecule has 3 aromatic rings. The minimum atomic E-state index is -0.970. The summed E-state index contributed by atoms with van der Waals surface area (Å²) in [4.78, 5) is 41.5. The molecular weight excluding hydrogens is 725 g/mol. The van der Waals surface area contributed by atoms with Gasteiger partial charge in [-0.15, -0.1) is 0 Å². The number of aromatic nitrogens is 1. The summed E-state index contributed by atoms with van der Waals surface area (Å²) in [5, 5.41) is 12.4. The van der Waals surface area contributed by atoms with E-state index in [0.717, 1.165) is 85.2 Å². The number of hydrogen-bond donors (Lipinski definition) is 2. The molecule has 0 saturated heterocycles. The zero-order valence-electron chi connectivity index (χ0n) is 34.4. The maximum atomic E-state index is 12.9. The lowest BCUT2D eigenvalue weighted by Crippen LogP contribution is -2.30. The Morgan fingerprint density at radius 2 is 1.42 bits per heavy atom. The molecular formula is C46H64N2O9. The number of unbranched alkanes of at least 4 members (excludes halogenated alkanes) is 1. The first-order valence-electron chi connectivity index (χ1n) is 20.8. The van der Waals surface area contributed by atoms with Gasteiger partial charge in [-0.1, -0.05) is 44.2 Å². The summed E-state index contributed by atoms with van der Waals surface area (Å²) >= 11 is 0. The van der Waals surface area contributed by atoms with Crippen molar-refractivity contribution in [1.29, 1.82) is 0 Å². The Morgan fingerprint density at radius 1 is 0.772 bits per heavy atom. The quantitative estimate of drug-likeness (QED) is 0.0681. The van der Waals surface area contributed by atoms with Crippen molar-refractivity contribution in [2.45, 2.75) is 97.3 Å². The number of carboxylic acid groups (broad SMARTS) is 1. The number of ketones is 1. The number of aliphatic carboxylic acids is 1. The monoisotopic (exact) mass is 788 g/mol. The number of nitrogens with one attached hydrogen (secondary N) is 1. The van der Waals surface area contributed by atoms with E-state index in [1.807, 2.05) is 49.4 Å². The third kappa shape index (κ3) is 17.5. The lowest BCUT2D eigenvalue weighted by molar-refractivity contribution is -0.137. The third-order valence-electron chi connectivity index (χ3n) is 10.1. The molecule has 1 aromatic heterocycles. The number of benzene rings is 2. The Balaban J connectivity index is 1.18. The molecule has 0 saturated carbocycles. The number of amides is 1. The fourth-order valence-corrected chi connectivity index (χ4v) is 6.94. The van der Waals surface area contributed by atoms with E-state index in [9.17, 15) is 19.5 Å². The summed E-state index contributed by atoms with van der Waals surface area (Å²) < 4.78 is 28.6. The molecule has 11 nitrogen and oxygen atoms in total. The first-order valence-corrected chi connectivity index (χ1v) is 20.8. The molecule has 0 radical (unpaired) electrons. The van der Waals surface area contributed by atoms with Crippen LogP contribution in [0, 0.1) is 12.8 Å². The minimum absolute atomic E-state index is 0.0349. The van der Waals surface area contributed by atoms with Crippen LogP contribution in [0.5, 0.6) is 5.75 Å². The van der Waals surface area contributed by atoms with Gasteiger partial charge in [0.1, 0.15) is 12.4 Å². The van der Waals surface area contributed by atoms with Crippen LogP contribution in [0.1, 0.15) is 99.1 Å². The van der Waals surface area contributed by atoms with Crippen molar-refractivity contribution in [3.05, 3.63) is 82.7 Å². The van der Waals surface area contributed by atoms with E-state index >= 15 is 0 Å². The molecule has 4 rings (SSSR count). The Labute approximate surface area is 339 Å². The maximum absolute atomic E-state index is 12.9. The number of ether oxygens (including phenoxy) is 5. The van der Waals surface area contributed by atoms with Gasteiger partial charge in [-0.05, 0) is 116 Å². The maximum Gasteiger partial charge on any atom is 0.303 e. The molecule has 312 valence electrons. The summed E-state index contributed by atoms with van der Waals surface area (Å²) in [7, 11) is 0. The van der Waals surface area contributed by atoms with Crippen LogP contribution in [-0.2, 0) is 52.6 Å². The van der Waals surface area contributed by atoms with Crippen LogP contribution in [0.3, 0.4) is 0 Å². The highest BCUT2D eigenvalue weighted by molar-refractivity contribution is 5.87. The second-order valence-corrected chi connectivity index (χ2v) is 15.2. The molecule has 1 amide bonds. The lowest BCUT2D eigenvalue weighted by Gasteiger charge is -2.23. The number of carbonyl (C=O) groups excluding carboxylic acids is 2. The Morgan fingerprint density at radius 3 is 2.07 bits per heavy atom. The standard InChI is InChI=1S/C46H64N2O9/c1-34(2)19-21-53-22-23-54-24-25-55-26-27-56-28-29-57-44-17-16-41(42-9-5-6-10-43(42)44)37-14-12-36(13-15-37)38(32-46(51)52)31-40(49)33-48-45(50)11-7-4-8-39-30-35(3)18-20-47-39/h12-18,20,30,34,38H,4-11,19,21-29,31-33H2,1-3H3,(H,48,50)(H,51,52)/t38-/m0/s1. The summed E-state index contributed by atoms with van der Waals surface area (Å²) in [6, 6.07) is 16.0. The van der Waals surface area contributed by atoms with E-state index in [4.69, 9.17) is 23.7 Å². The second kappa shape index (κ2) is 26.0. The number of hydrogen-bond acceptors (Lipinski definition) is 9. The Kier molecular flexibility index (Phi) is 20.7. The number of aryl methyl sites for hydroxylation is 2. The summed E-state index contributed by atoms with van der Waals surface area (Å²) in [5.41, 5.74) is 7.65. The topological polar surface area (TPSA) is 143 Å². The van der Waals surface area contributed by atoms with Gasteiger partial charge in [0.05, 0.1) is 59.2 Å². The van der Waals surface area contributed by atoms with Crippen LogP contribution < -0.4 is 10.1 Å². The number of carbonyl (C=O) groups is 3. The van der Waals surface area contributed by atoms with Crippen molar-refractivity contribution in [2.24, 2.45) is 5.92 Å². The van der Waals surface area contributed by atoms with E-state index < -0.39 is 11.9 Å². The summed E-state index contributed by atoms with van der Waals surface area (Å²) in [6.45, 7) is 11.2. The number of fused-ring (bicyclic) bond motifs is 1. The highest BCUT2D eigenvalue weighted by Crippen LogP contribution is 2.38. The summed E-state index contributed by atoms with van der Waals surface area (Å²) in [5.74, 6) is -0.301. The molecule has 0 spiro atoms. The molecule has 1 atom stereocenters. The summed E-state index contributed by atoms with van der Waals surface area (Å²) in [6.07, 6.45) is 9.48. The molecule has 2 aromatic carbocycles.